The number of rotatable bonds is 8. The molecule has 2 aromatic rings. The summed E-state index contributed by atoms with van der Waals surface area (Å²) in [4.78, 5) is 14.8. The SMILES string of the molecule is CCC(Oc1ccccc1F)C(=O)NCc1ccc(CN2CCOCC2)cc1. The van der Waals surface area contributed by atoms with E-state index in [4.69, 9.17) is 9.47 Å². The molecule has 3 rings (SSSR count). The van der Waals surface area contributed by atoms with Gasteiger partial charge in [-0.1, -0.05) is 43.3 Å². The summed E-state index contributed by atoms with van der Waals surface area (Å²) >= 11 is 0. The van der Waals surface area contributed by atoms with Crippen LogP contribution in [-0.4, -0.2) is 43.2 Å². The van der Waals surface area contributed by atoms with Crippen molar-refractivity contribution in [3.63, 3.8) is 0 Å². The van der Waals surface area contributed by atoms with Gasteiger partial charge in [0.25, 0.3) is 5.91 Å². The number of nitrogens with zero attached hydrogens (tertiary/aromatic N) is 1. The summed E-state index contributed by atoms with van der Waals surface area (Å²) in [5, 5.41) is 2.88. The topological polar surface area (TPSA) is 50.8 Å². The Morgan fingerprint density at radius 1 is 1.14 bits per heavy atom. The molecule has 1 fully saturated rings. The molecule has 0 spiro atoms. The monoisotopic (exact) mass is 386 g/mol. The van der Waals surface area contributed by atoms with Gasteiger partial charge in [0.15, 0.2) is 17.7 Å². The normalized spacial score (nSPS) is 15.8. The number of ether oxygens (including phenoxy) is 2. The Kier molecular flexibility index (Phi) is 7.39. The highest BCUT2D eigenvalue weighted by atomic mass is 19.1. The molecule has 1 N–H and O–H groups in total. The molecule has 1 heterocycles. The van der Waals surface area contributed by atoms with Crippen LogP contribution in [0.5, 0.6) is 5.75 Å². The highest BCUT2D eigenvalue weighted by Gasteiger charge is 2.19. The van der Waals surface area contributed by atoms with Crippen molar-refractivity contribution < 1.29 is 18.7 Å². The zero-order chi connectivity index (χ0) is 19.8. The maximum atomic E-state index is 13.7. The third kappa shape index (κ3) is 5.78. The number of morpholine rings is 1. The summed E-state index contributed by atoms with van der Waals surface area (Å²) in [7, 11) is 0. The molecule has 0 saturated carbocycles. The number of amides is 1. The number of nitrogens with one attached hydrogen (secondary N) is 1. The van der Waals surface area contributed by atoms with Crippen LogP contribution in [0, 0.1) is 5.82 Å². The molecular weight excluding hydrogens is 359 g/mol. The Morgan fingerprint density at radius 2 is 1.82 bits per heavy atom. The molecule has 28 heavy (non-hydrogen) atoms. The molecule has 1 unspecified atom stereocenters. The molecule has 0 aromatic heterocycles. The van der Waals surface area contributed by atoms with Gasteiger partial charge in [-0.2, -0.15) is 0 Å². The van der Waals surface area contributed by atoms with Crippen molar-refractivity contribution in [3.05, 3.63) is 65.5 Å². The minimum atomic E-state index is -0.725. The summed E-state index contributed by atoms with van der Waals surface area (Å²) in [6, 6.07) is 14.3. The fraction of sp³-hybridized carbons (Fsp3) is 0.409. The number of hydrogen-bond acceptors (Lipinski definition) is 4. The zero-order valence-corrected chi connectivity index (χ0v) is 16.2. The van der Waals surface area contributed by atoms with Gasteiger partial charge in [0.05, 0.1) is 13.2 Å². The van der Waals surface area contributed by atoms with Gasteiger partial charge < -0.3 is 14.8 Å². The van der Waals surface area contributed by atoms with Crippen LogP contribution < -0.4 is 10.1 Å². The van der Waals surface area contributed by atoms with Gasteiger partial charge in [-0.25, -0.2) is 4.39 Å². The van der Waals surface area contributed by atoms with Crippen molar-refractivity contribution in [2.24, 2.45) is 0 Å². The predicted molar refractivity (Wildman–Crippen MR) is 105 cm³/mol. The molecule has 1 aliphatic heterocycles. The van der Waals surface area contributed by atoms with Crippen LogP contribution in [0.25, 0.3) is 0 Å². The van der Waals surface area contributed by atoms with Crippen LogP contribution in [0.3, 0.4) is 0 Å². The van der Waals surface area contributed by atoms with E-state index in [1.54, 1.807) is 12.1 Å². The van der Waals surface area contributed by atoms with Crippen molar-refractivity contribution >= 4 is 5.91 Å². The van der Waals surface area contributed by atoms with Crippen LogP contribution in [0.4, 0.5) is 4.39 Å². The Morgan fingerprint density at radius 3 is 2.50 bits per heavy atom. The van der Waals surface area contributed by atoms with Crippen LogP contribution in [0.15, 0.2) is 48.5 Å². The van der Waals surface area contributed by atoms with Crippen LogP contribution in [0.1, 0.15) is 24.5 Å². The Bertz CT molecular complexity index is 761. The number of halogens is 1. The number of carbonyl (C=O) groups is 1. The third-order valence-corrected chi connectivity index (χ3v) is 4.77. The van der Waals surface area contributed by atoms with E-state index in [-0.39, 0.29) is 11.7 Å². The molecule has 1 saturated heterocycles. The van der Waals surface area contributed by atoms with Crippen molar-refractivity contribution in [1.29, 1.82) is 0 Å². The second kappa shape index (κ2) is 10.2. The van der Waals surface area contributed by atoms with E-state index in [9.17, 15) is 9.18 Å². The summed E-state index contributed by atoms with van der Waals surface area (Å²) in [6.45, 7) is 6.65. The molecule has 0 bridgehead atoms. The fourth-order valence-corrected chi connectivity index (χ4v) is 3.10. The maximum absolute atomic E-state index is 13.7. The largest absolute Gasteiger partial charge is 0.478 e. The summed E-state index contributed by atoms with van der Waals surface area (Å²) in [5.41, 5.74) is 2.26. The van der Waals surface area contributed by atoms with Gasteiger partial charge in [-0.15, -0.1) is 0 Å². The first-order chi connectivity index (χ1) is 13.7. The molecule has 1 atom stereocenters. The smallest absolute Gasteiger partial charge is 0.261 e. The summed E-state index contributed by atoms with van der Waals surface area (Å²) in [5.74, 6) is -0.621. The van der Waals surface area contributed by atoms with Gasteiger partial charge >= 0.3 is 0 Å². The lowest BCUT2D eigenvalue weighted by molar-refractivity contribution is -0.128. The molecule has 2 aromatic carbocycles. The van der Waals surface area contributed by atoms with Gasteiger partial charge in [0, 0.05) is 26.2 Å². The minimum absolute atomic E-state index is 0.0944. The predicted octanol–water partition coefficient (Wildman–Crippen LogP) is 3.13. The van der Waals surface area contributed by atoms with E-state index >= 15 is 0 Å². The van der Waals surface area contributed by atoms with Crippen molar-refractivity contribution in [2.75, 3.05) is 26.3 Å². The summed E-state index contributed by atoms with van der Waals surface area (Å²) in [6.07, 6.45) is -0.268. The number of carbonyl (C=O) groups excluding carboxylic acids is 1. The van der Waals surface area contributed by atoms with E-state index in [1.165, 1.54) is 17.7 Å². The number of para-hydroxylation sites is 1. The van der Waals surface area contributed by atoms with E-state index < -0.39 is 11.9 Å². The minimum Gasteiger partial charge on any atom is -0.478 e. The fourth-order valence-electron chi connectivity index (χ4n) is 3.10. The highest BCUT2D eigenvalue weighted by molar-refractivity contribution is 5.81. The lowest BCUT2D eigenvalue weighted by atomic mass is 10.1. The zero-order valence-electron chi connectivity index (χ0n) is 16.2. The molecule has 5 nitrogen and oxygen atoms in total. The van der Waals surface area contributed by atoms with Gasteiger partial charge in [0.1, 0.15) is 0 Å². The van der Waals surface area contributed by atoms with E-state index in [2.05, 4.69) is 22.3 Å². The Labute approximate surface area is 165 Å². The van der Waals surface area contributed by atoms with Gasteiger partial charge in [-0.05, 0) is 29.7 Å². The first kappa shape index (κ1) is 20.3. The van der Waals surface area contributed by atoms with E-state index in [0.29, 0.717) is 13.0 Å². The second-order valence-corrected chi connectivity index (χ2v) is 6.87. The summed E-state index contributed by atoms with van der Waals surface area (Å²) < 4.78 is 24.7. The molecule has 1 amide bonds. The lowest BCUT2D eigenvalue weighted by Gasteiger charge is -2.26. The first-order valence-corrected chi connectivity index (χ1v) is 9.72. The Balaban J connectivity index is 1.49. The Hall–Kier alpha value is -2.44. The molecule has 150 valence electrons. The van der Waals surface area contributed by atoms with Crippen molar-refractivity contribution in [3.8, 4) is 5.75 Å². The van der Waals surface area contributed by atoms with Crippen molar-refractivity contribution in [1.82, 2.24) is 10.2 Å². The standard InChI is InChI=1S/C22H27FN2O3/c1-2-20(28-21-6-4-3-5-19(21)23)22(26)24-15-17-7-9-18(10-8-17)16-25-11-13-27-14-12-25/h3-10,20H,2,11-16H2,1H3,(H,24,26). The molecule has 6 heteroatoms. The van der Waals surface area contributed by atoms with Gasteiger partial charge in [-0.3, -0.25) is 9.69 Å². The van der Waals surface area contributed by atoms with Gasteiger partial charge in [0.2, 0.25) is 0 Å². The first-order valence-electron chi connectivity index (χ1n) is 9.72. The van der Waals surface area contributed by atoms with Crippen molar-refractivity contribution in [2.45, 2.75) is 32.5 Å². The average Bonchev–Trinajstić information content (AvgIpc) is 2.73. The molecule has 0 radical (unpaired) electrons. The third-order valence-electron chi connectivity index (χ3n) is 4.77. The lowest BCUT2D eigenvalue weighted by Crippen LogP contribution is -2.37. The molecule has 1 aliphatic rings. The quantitative estimate of drug-likeness (QED) is 0.757. The average molecular weight is 386 g/mol. The maximum Gasteiger partial charge on any atom is 0.261 e. The molecule has 0 aliphatic carbocycles. The number of benzene rings is 2. The van der Waals surface area contributed by atoms with Crippen LogP contribution in [-0.2, 0) is 22.6 Å². The van der Waals surface area contributed by atoms with E-state index in [1.807, 2.05) is 19.1 Å². The molecular formula is C22H27FN2O3. The highest BCUT2D eigenvalue weighted by Crippen LogP contribution is 2.18. The van der Waals surface area contributed by atoms with Crippen LogP contribution >= 0.6 is 0 Å². The number of hydrogen-bond donors (Lipinski definition) is 1. The van der Waals surface area contributed by atoms with E-state index in [0.717, 1.165) is 38.4 Å². The van der Waals surface area contributed by atoms with Crippen LogP contribution in [0.2, 0.25) is 0 Å². The second-order valence-electron chi connectivity index (χ2n) is 6.87.